The molecule has 0 bridgehead atoms. The van der Waals surface area contributed by atoms with Crippen molar-refractivity contribution in [3.63, 3.8) is 0 Å². The lowest BCUT2D eigenvalue weighted by Crippen LogP contribution is -2.55. The average Bonchev–Trinajstić information content (AvgIpc) is 3.55. The van der Waals surface area contributed by atoms with Crippen LogP contribution in [0, 0.1) is 0 Å². The topological polar surface area (TPSA) is 73.0 Å². The van der Waals surface area contributed by atoms with Crippen LogP contribution in [0.1, 0.15) is 43.2 Å². The predicted molar refractivity (Wildman–Crippen MR) is 121 cm³/mol. The van der Waals surface area contributed by atoms with E-state index in [0.717, 1.165) is 23.2 Å². The molecule has 166 valence electrons. The van der Waals surface area contributed by atoms with Gasteiger partial charge >= 0.3 is 12.1 Å². The van der Waals surface area contributed by atoms with Gasteiger partial charge in [-0.05, 0) is 29.5 Å². The van der Waals surface area contributed by atoms with E-state index in [1.165, 1.54) is 4.90 Å². The van der Waals surface area contributed by atoms with Crippen LogP contribution in [-0.2, 0) is 4.79 Å². The largest absolute Gasteiger partial charge is 0.327 e. The monoisotopic (exact) mass is 432 g/mol. The smallest absolute Gasteiger partial charge is 0.320 e. The molecule has 32 heavy (non-hydrogen) atoms. The zero-order valence-corrected chi connectivity index (χ0v) is 18.4. The summed E-state index contributed by atoms with van der Waals surface area (Å²) in [6, 6.07) is 16.7. The molecule has 5 amide bonds. The summed E-state index contributed by atoms with van der Waals surface area (Å²) in [4.78, 5) is 43.9. The standard InChI is InChI=1S/C25H28N4O3/c1-16(2)18-10-6-7-11-20(18)26-24(31)27-12-13-28-22(15-27)23(30)29(25(28)32)21-14-19(21)17-8-4-3-5-9-17/h3-11,16,19,21-22H,12-15H2,1-2H3,(H,26,31)/t19-,21-,22?/m0/s1. The van der Waals surface area contributed by atoms with Crippen molar-refractivity contribution in [1.82, 2.24) is 14.7 Å². The van der Waals surface area contributed by atoms with Crippen LogP contribution in [0.3, 0.4) is 0 Å². The summed E-state index contributed by atoms with van der Waals surface area (Å²) in [6.07, 6.45) is 0.804. The average molecular weight is 433 g/mol. The van der Waals surface area contributed by atoms with Gasteiger partial charge in [0.2, 0.25) is 0 Å². The molecule has 1 unspecified atom stereocenters. The van der Waals surface area contributed by atoms with Gasteiger partial charge in [-0.25, -0.2) is 9.59 Å². The molecule has 3 aliphatic rings. The molecule has 1 saturated carbocycles. The van der Waals surface area contributed by atoms with E-state index < -0.39 is 6.04 Å². The molecule has 2 aliphatic heterocycles. The second kappa shape index (κ2) is 7.97. The van der Waals surface area contributed by atoms with E-state index in [1.54, 1.807) is 9.80 Å². The summed E-state index contributed by atoms with van der Waals surface area (Å²) in [5.74, 6) is 0.304. The Bertz CT molecular complexity index is 1050. The molecule has 7 heteroatoms. The Hall–Kier alpha value is -3.35. The van der Waals surface area contributed by atoms with Crippen molar-refractivity contribution >= 4 is 23.7 Å². The van der Waals surface area contributed by atoms with Gasteiger partial charge in [-0.1, -0.05) is 62.4 Å². The van der Waals surface area contributed by atoms with Gasteiger partial charge in [0.1, 0.15) is 6.04 Å². The van der Waals surface area contributed by atoms with Crippen LogP contribution in [0.25, 0.3) is 0 Å². The molecule has 2 aromatic carbocycles. The number of carbonyl (C=O) groups excluding carboxylic acids is 3. The molecular weight excluding hydrogens is 404 g/mol. The lowest BCUT2D eigenvalue weighted by atomic mass is 10.0. The quantitative estimate of drug-likeness (QED) is 0.746. The Balaban J connectivity index is 1.27. The molecule has 1 aliphatic carbocycles. The minimum atomic E-state index is -0.598. The number of hydrogen-bond donors (Lipinski definition) is 1. The van der Waals surface area contributed by atoms with Crippen molar-refractivity contribution in [3.05, 3.63) is 65.7 Å². The molecule has 7 nitrogen and oxygen atoms in total. The van der Waals surface area contributed by atoms with Gasteiger partial charge in [0.15, 0.2) is 0 Å². The fourth-order valence-electron chi connectivity index (χ4n) is 4.94. The number of nitrogens with one attached hydrogen (secondary N) is 1. The summed E-state index contributed by atoms with van der Waals surface area (Å²) >= 11 is 0. The molecule has 2 heterocycles. The summed E-state index contributed by atoms with van der Waals surface area (Å²) in [6.45, 7) is 5.17. The van der Waals surface area contributed by atoms with Gasteiger partial charge in [0.25, 0.3) is 5.91 Å². The molecular formula is C25H28N4O3. The van der Waals surface area contributed by atoms with Gasteiger partial charge in [0, 0.05) is 30.7 Å². The number of urea groups is 2. The Morgan fingerprint density at radius 3 is 2.47 bits per heavy atom. The second-order valence-electron chi connectivity index (χ2n) is 9.14. The Morgan fingerprint density at radius 1 is 1.00 bits per heavy atom. The maximum absolute atomic E-state index is 13.2. The van der Waals surface area contributed by atoms with Crippen LogP contribution in [0.15, 0.2) is 54.6 Å². The van der Waals surface area contributed by atoms with Crippen molar-refractivity contribution in [3.8, 4) is 0 Å². The molecule has 0 aromatic heterocycles. The number of fused-ring (bicyclic) bond motifs is 1. The fraction of sp³-hybridized carbons (Fsp3) is 0.400. The van der Waals surface area contributed by atoms with E-state index in [9.17, 15) is 14.4 Å². The van der Waals surface area contributed by atoms with Gasteiger partial charge in [-0.3, -0.25) is 9.69 Å². The first-order valence-corrected chi connectivity index (χ1v) is 11.3. The number of para-hydroxylation sites is 1. The number of hydrogen-bond acceptors (Lipinski definition) is 3. The molecule has 3 fully saturated rings. The third-order valence-corrected chi connectivity index (χ3v) is 6.78. The van der Waals surface area contributed by atoms with E-state index in [2.05, 4.69) is 19.2 Å². The van der Waals surface area contributed by atoms with Crippen molar-refractivity contribution < 1.29 is 14.4 Å². The van der Waals surface area contributed by atoms with Gasteiger partial charge in [0.05, 0.1) is 6.54 Å². The number of benzene rings is 2. The van der Waals surface area contributed by atoms with Crippen LogP contribution >= 0.6 is 0 Å². The number of rotatable bonds is 4. The van der Waals surface area contributed by atoms with E-state index in [1.807, 2.05) is 54.6 Å². The lowest BCUT2D eigenvalue weighted by molar-refractivity contribution is -0.129. The summed E-state index contributed by atoms with van der Waals surface area (Å²) in [5.41, 5.74) is 3.01. The van der Waals surface area contributed by atoms with Gasteiger partial charge in [-0.15, -0.1) is 0 Å². The van der Waals surface area contributed by atoms with Gasteiger partial charge < -0.3 is 15.1 Å². The third kappa shape index (κ3) is 3.51. The van der Waals surface area contributed by atoms with Crippen molar-refractivity contribution in [2.24, 2.45) is 0 Å². The number of imide groups is 1. The highest BCUT2D eigenvalue weighted by Gasteiger charge is 2.56. The van der Waals surface area contributed by atoms with Crippen LogP contribution in [-0.4, -0.2) is 64.4 Å². The van der Waals surface area contributed by atoms with E-state index in [-0.39, 0.29) is 42.4 Å². The molecule has 0 radical (unpaired) electrons. The van der Waals surface area contributed by atoms with Crippen molar-refractivity contribution in [1.29, 1.82) is 0 Å². The first-order valence-electron chi connectivity index (χ1n) is 11.3. The molecule has 1 N–H and O–H groups in total. The summed E-state index contributed by atoms with van der Waals surface area (Å²) < 4.78 is 0. The number of piperazine rings is 1. The predicted octanol–water partition coefficient (Wildman–Crippen LogP) is 3.85. The van der Waals surface area contributed by atoms with Crippen molar-refractivity contribution in [2.75, 3.05) is 25.0 Å². The minimum absolute atomic E-state index is 0.0804. The maximum Gasteiger partial charge on any atom is 0.327 e. The molecule has 2 aromatic rings. The molecule has 2 saturated heterocycles. The number of nitrogens with zero attached hydrogens (tertiary/aromatic N) is 3. The van der Waals surface area contributed by atoms with Crippen LogP contribution in [0.4, 0.5) is 15.3 Å². The Morgan fingerprint density at radius 2 is 1.72 bits per heavy atom. The molecule has 5 rings (SSSR count). The highest BCUT2D eigenvalue weighted by molar-refractivity contribution is 6.05. The zero-order chi connectivity index (χ0) is 22.4. The molecule has 3 atom stereocenters. The highest BCUT2D eigenvalue weighted by Crippen LogP contribution is 2.46. The Labute approximate surface area is 188 Å². The SMILES string of the molecule is CC(C)c1ccccc1NC(=O)N1CCN2C(=O)N([C@H]3C[C@H]3c3ccccc3)C(=O)C2C1. The number of anilines is 1. The van der Waals surface area contributed by atoms with Crippen LogP contribution in [0.5, 0.6) is 0 Å². The highest BCUT2D eigenvalue weighted by atomic mass is 16.2. The van der Waals surface area contributed by atoms with Gasteiger partial charge in [-0.2, -0.15) is 0 Å². The summed E-state index contributed by atoms with van der Waals surface area (Å²) in [5, 5.41) is 3.00. The first-order chi connectivity index (χ1) is 15.5. The van der Waals surface area contributed by atoms with Crippen LogP contribution in [0.2, 0.25) is 0 Å². The fourth-order valence-corrected chi connectivity index (χ4v) is 4.94. The second-order valence-corrected chi connectivity index (χ2v) is 9.14. The number of amides is 5. The lowest BCUT2D eigenvalue weighted by Gasteiger charge is -2.35. The molecule has 0 spiro atoms. The van der Waals surface area contributed by atoms with E-state index in [0.29, 0.717) is 13.1 Å². The van der Waals surface area contributed by atoms with Crippen molar-refractivity contribution in [2.45, 2.75) is 44.2 Å². The summed E-state index contributed by atoms with van der Waals surface area (Å²) in [7, 11) is 0. The van der Waals surface area contributed by atoms with E-state index >= 15 is 0 Å². The number of carbonyl (C=O) groups is 3. The maximum atomic E-state index is 13.2. The normalized spacial score (nSPS) is 24.7. The first kappa shape index (κ1) is 20.5. The van der Waals surface area contributed by atoms with E-state index in [4.69, 9.17) is 0 Å². The Kier molecular flexibility index (Phi) is 5.12. The minimum Gasteiger partial charge on any atom is -0.320 e. The van der Waals surface area contributed by atoms with Crippen LogP contribution < -0.4 is 5.32 Å². The zero-order valence-electron chi connectivity index (χ0n) is 18.4. The third-order valence-electron chi connectivity index (χ3n) is 6.78.